The van der Waals surface area contributed by atoms with E-state index in [0.29, 0.717) is 25.3 Å². The summed E-state index contributed by atoms with van der Waals surface area (Å²) in [6.45, 7) is 1.02. The Morgan fingerprint density at radius 2 is 2.29 bits per heavy atom. The maximum absolute atomic E-state index is 10.3. The molecule has 0 aliphatic heterocycles. The van der Waals surface area contributed by atoms with E-state index < -0.39 is 0 Å². The molecule has 0 aliphatic carbocycles. The van der Waals surface area contributed by atoms with Gasteiger partial charge < -0.3 is 14.3 Å². The minimum absolute atomic E-state index is 0.0516. The number of carbonyl (C=O) groups excluding carboxylic acids is 1. The van der Waals surface area contributed by atoms with Crippen LogP contribution in [-0.4, -0.2) is 31.2 Å². The molecular formula is C10H14O4. The van der Waals surface area contributed by atoms with Crippen LogP contribution in [0.5, 0.6) is 0 Å². The molecule has 0 saturated carbocycles. The number of aryl methyl sites for hydroxylation is 1. The maximum atomic E-state index is 10.3. The number of carbonyl (C=O) groups is 1. The molecule has 4 heteroatoms. The molecule has 14 heavy (non-hydrogen) atoms. The summed E-state index contributed by atoms with van der Waals surface area (Å²) in [6.07, 6.45) is 2.26. The van der Waals surface area contributed by atoms with Gasteiger partial charge in [0.2, 0.25) is 0 Å². The molecule has 0 amide bonds. The highest BCUT2D eigenvalue weighted by Gasteiger charge is 2.00. The van der Waals surface area contributed by atoms with Crippen molar-refractivity contribution in [3.8, 4) is 0 Å². The predicted octanol–water partition coefficient (Wildman–Crippen LogP) is 1.03. The van der Waals surface area contributed by atoms with Crippen molar-refractivity contribution < 1.29 is 19.1 Å². The molecule has 0 aromatic carbocycles. The predicted molar refractivity (Wildman–Crippen MR) is 50.3 cm³/mol. The number of aliphatic hydroxyl groups excluding tert-OH is 1. The van der Waals surface area contributed by atoms with E-state index >= 15 is 0 Å². The van der Waals surface area contributed by atoms with Crippen LogP contribution in [-0.2, 0) is 11.2 Å². The third-order valence-corrected chi connectivity index (χ3v) is 1.75. The third kappa shape index (κ3) is 3.72. The fourth-order valence-electron chi connectivity index (χ4n) is 1.11. The Labute approximate surface area is 82.5 Å². The number of aliphatic hydroxyl groups is 1. The van der Waals surface area contributed by atoms with Gasteiger partial charge >= 0.3 is 0 Å². The van der Waals surface area contributed by atoms with E-state index in [4.69, 9.17) is 14.3 Å². The number of hydrogen-bond donors (Lipinski definition) is 1. The lowest BCUT2D eigenvalue weighted by molar-refractivity contribution is 0.0901. The Morgan fingerprint density at radius 3 is 2.93 bits per heavy atom. The van der Waals surface area contributed by atoms with Crippen molar-refractivity contribution in [1.29, 1.82) is 0 Å². The second kappa shape index (κ2) is 6.34. The van der Waals surface area contributed by atoms with Crippen molar-refractivity contribution in [2.24, 2.45) is 0 Å². The first kappa shape index (κ1) is 10.9. The number of furan rings is 1. The average Bonchev–Trinajstić information content (AvgIpc) is 2.65. The Bertz CT molecular complexity index is 267. The summed E-state index contributed by atoms with van der Waals surface area (Å²) < 4.78 is 10.2. The van der Waals surface area contributed by atoms with Gasteiger partial charge in [-0.05, 0) is 18.6 Å². The number of ether oxygens (including phenoxy) is 1. The summed E-state index contributed by atoms with van der Waals surface area (Å²) in [6, 6.07) is 3.44. The molecule has 1 heterocycles. The van der Waals surface area contributed by atoms with Gasteiger partial charge in [0, 0.05) is 13.0 Å². The summed E-state index contributed by atoms with van der Waals surface area (Å²) in [4.78, 5) is 10.3. The summed E-state index contributed by atoms with van der Waals surface area (Å²) in [7, 11) is 0. The smallest absolute Gasteiger partial charge is 0.185 e. The van der Waals surface area contributed by atoms with Gasteiger partial charge in [0.1, 0.15) is 5.76 Å². The van der Waals surface area contributed by atoms with Gasteiger partial charge in [-0.15, -0.1) is 0 Å². The van der Waals surface area contributed by atoms with Crippen LogP contribution in [0.4, 0.5) is 0 Å². The number of rotatable bonds is 7. The van der Waals surface area contributed by atoms with E-state index in [1.54, 1.807) is 12.1 Å². The standard InChI is InChI=1S/C10H14O4/c11-5-7-13-6-1-2-9-3-4-10(8-12)14-9/h3-4,8,11H,1-2,5-7H2. The Morgan fingerprint density at radius 1 is 1.43 bits per heavy atom. The fraction of sp³-hybridized carbons (Fsp3) is 0.500. The van der Waals surface area contributed by atoms with Crippen LogP contribution >= 0.6 is 0 Å². The zero-order valence-electron chi connectivity index (χ0n) is 7.94. The first-order chi connectivity index (χ1) is 6.86. The fourth-order valence-corrected chi connectivity index (χ4v) is 1.11. The maximum Gasteiger partial charge on any atom is 0.185 e. The van der Waals surface area contributed by atoms with Gasteiger partial charge in [0.25, 0.3) is 0 Å². The van der Waals surface area contributed by atoms with Crippen molar-refractivity contribution in [3.63, 3.8) is 0 Å². The molecular weight excluding hydrogens is 184 g/mol. The summed E-state index contributed by atoms with van der Waals surface area (Å²) in [5.74, 6) is 1.15. The first-order valence-corrected chi connectivity index (χ1v) is 4.59. The van der Waals surface area contributed by atoms with Gasteiger partial charge in [-0.25, -0.2) is 0 Å². The van der Waals surface area contributed by atoms with Crippen LogP contribution < -0.4 is 0 Å². The molecule has 1 N–H and O–H groups in total. The molecule has 0 bridgehead atoms. The van der Waals surface area contributed by atoms with Gasteiger partial charge in [-0.3, -0.25) is 4.79 Å². The minimum Gasteiger partial charge on any atom is -0.458 e. The van der Waals surface area contributed by atoms with Crippen LogP contribution in [0.1, 0.15) is 22.7 Å². The number of aldehydes is 1. The number of hydrogen-bond acceptors (Lipinski definition) is 4. The van der Waals surface area contributed by atoms with Gasteiger partial charge in [-0.2, -0.15) is 0 Å². The SMILES string of the molecule is O=Cc1ccc(CCCOCCO)o1. The van der Waals surface area contributed by atoms with Crippen molar-refractivity contribution in [1.82, 2.24) is 0 Å². The highest BCUT2D eigenvalue weighted by atomic mass is 16.5. The molecule has 1 aromatic heterocycles. The van der Waals surface area contributed by atoms with Crippen LogP contribution in [0.3, 0.4) is 0 Å². The van der Waals surface area contributed by atoms with E-state index in [9.17, 15) is 4.79 Å². The highest BCUT2D eigenvalue weighted by molar-refractivity contribution is 5.70. The normalized spacial score (nSPS) is 10.4. The Balaban J connectivity index is 2.14. The van der Waals surface area contributed by atoms with Crippen LogP contribution in [0.25, 0.3) is 0 Å². The quantitative estimate of drug-likeness (QED) is 0.525. The van der Waals surface area contributed by atoms with E-state index in [-0.39, 0.29) is 6.61 Å². The molecule has 0 spiro atoms. The van der Waals surface area contributed by atoms with Crippen LogP contribution in [0.15, 0.2) is 16.5 Å². The summed E-state index contributed by atoms with van der Waals surface area (Å²) in [5, 5.41) is 8.44. The van der Waals surface area contributed by atoms with Gasteiger partial charge in [0.05, 0.1) is 13.2 Å². The van der Waals surface area contributed by atoms with E-state index in [1.165, 1.54) is 0 Å². The molecule has 0 aliphatic rings. The zero-order valence-corrected chi connectivity index (χ0v) is 7.94. The zero-order chi connectivity index (χ0) is 10.2. The molecule has 0 unspecified atom stereocenters. The lowest BCUT2D eigenvalue weighted by atomic mass is 10.2. The highest BCUT2D eigenvalue weighted by Crippen LogP contribution is 2.07. The van der Waals surface area contributed by atoms with Crippen molar-refractivity contribution in [3.05, 3.63) is 23.7 Å². The van der Waals surface area contributed by atoms with E-state index in [2.05, 4.69) is 0 Å². The lowest BCUT2D eigenvalue weighted by Crippen LogP contribution is -2.01. The molecule has 0 saturated heterocycles. The summed E-state index contributed by atoms with van der Waals surface area (Å²) >= 11 is 0. The first-order valence-electron chi connectivity index (χ1n) is 4.59. The lowest BCUT2D eigenvalue weighted by Gasteiger charge is -1.99. The largest absolute Gasteiger partial charge is 0.458 e. The van der Waals surface area contributed by atoms with Gasteiger partial charge in [0.15, 0.2) is 12.0 Å². The summed E-state index contributed by atoms with van der Waals surface area (Å²) in [5.41, 5.74) is 0. The molecule has 1 aromatic rings. The van der Waals surface area contributed by atoms with Crippen molar-refractivity contribution in [2.45, 2.75) is 12.8 Å². The van der Waals surface area contributed by atoms with Crippen molar-refractivity contribution in [2.75, 3.05) is 19.8 Å². The average molecular weight is 198 g/mol. The molecule has 0 atom stereocenters. The Hall–Kier alpha value is -1.13. The van der Waals surface area contributed by atoms with Crippen LogP contribution in [0.2, 0.25) is 0 Å². The molecule has 0 radical (unpaired) electrons. The van der Waals surface area contributed by atoms with Crippen LogP contribution in [0, 0.1) is 0 Å². The van der Waals surface area contributed by atoms with E-state index in [1.807, 2.05) is 0 Å². The van der Waals surface area contributed by atoms with Crippen molar-refractivity contribution >= 4 is 6.29 Å². The second-order valence-corrected chi connectivity index (χ2v) is 2.86. The second-order valence-electron chi connectivity index (χ2n) is 2.86. The topological polar surface area (TPSA) is 59.7 Å². The van der Waals surface area contributed by atoms with Gasteiger partial charge in [-0.1, -0.05) is 0 Å². The molecule has 4 nitrogen and oxygen atoms in total. The monoisotopic (exact) mass is 198 g/mol. The Kier molecular flexibility index (Phi) is 4.96. The van der Waals surface area contributed by atoms with E-state index in [0.717, 1.165) is 18.6 Å². The molecule has 1 rings (SSSR count). The molecule has 0 fully saturated rings. The third-order valence-electron chi connectivity index (χ3n) is 1.75. The minimum atomic E-state index is 0.0516. The molecule has 78 valence electrons.